The summed E-state index contributed by atoms with van der Waals surface area (Å²) >= 11 is 0. The molecule has 0 unspecified atom stereocenters. The Balaban J connectivity index is 1.35. The fourth-order valence-corrected chi connectivity index (χ4v) is 4.81. The van der Waals surface area contributed by atoms with Crippen molar-refractivity contribution in [3.8, 4) is 28.5 Å². The first-order chi connectivity index (χ1) is 18.6. The molecule has 0 radical (unpaired) electrons. The highest BCUT2D eigenvalue weighted by atomic mass is 19.4. The van der Waals surface area contributed by atoms with Gasteiger partial charge in [-0.25, -0.2) is 4.68 Å². The third-order valence-electron chi connectivity index (χ3n) is 6.78. The number of β-amino-alcohol motifs (C(OH)–C–C–N with tert-alkyl or cyclic N) is 1. The molecule has 1 fully saturated rings. The molecule has 9 nitrogen and oxygen atoms in total. The molecule has 39 heavy (non-hydrogen) atoms. The van der Waals surface area contributed by atoms with Crippen molar-refractivity contribution in [1.82, 2.24) is 24.8 Å². The molecule has 12 heteroatoms. The van der Waals surface area contributed by atoms with Crippen molar-refractivity contribution in [2.45, 2.75) is 32.0 Å². The van der Waals surface area contributed by atoms with Crippen molar-refractivity contribution in [3.05, 3.63) is 71.5 Å². The lowest BCUT2D eigenvalue weighted by Gasteiger charge is -2.32. The quantitative estimate of drug-likeness (QED) is 0.344. The lowest BCUT2D eigenvalue weighted by Crippen LogP contribution is -2.40. The van der Waals surface area contributed by atoms with Crippen molar-refractivity contribution < 1.29 is 32.7 Å². The highest BCUT2D eigenvalue weighted by Crippen LogP contribution is 2.38. The van der Waals surface area contributed by atoms with Crippen molar-refractivity contribution in [3.63, 3.8) is 0 Å². The van der Waals surface area contributed by atoms with Crippen LogP contribution in [-0.4, -0.2) is 60.6 Å². The SMILES string of the molecule is Cc1cccc(-n2ncc(-c3nc(-c4ccc([C@@H](O)CN5CCC[C@H](C(=O)O)C5)cc4)no3)c2C(F)(F)F)c1. The second-order valence-corrected chi connectivity index (χ2v) is 9.65. The van der Waals surface area contributed by atoms with Crippen molar-refractivity contribution >= 4 is 5.97 Å². The second-order valence-electron chi connectivity index (χ2n) is 9.65. The topological polar surface area (TPSA) is 118 Å². The molecule has 1 aliphatic rings. The van der Waals surface area contributed by atoms with Crippen molar-refractivity contribution in [2.24, 2.45) is 5.92 Å². The monoisotopic (exact) mass is 541 g/mol. The number of aromatic nitrogens is 4. The summed E-state index contributed by atoms with van der Waals surface area (Å²) in [6.07, 6.45) is -3.14. The molecule has 2 N–H and O–H groups in total. The second kappa shape index (κ2) is 10.6. The Bertz CT molecular complexity index is 1460. The first-order valence-electron chi connectivity index (χ1n) is 12.4. The number of aryl methyl sites for hydroxylation is 1. The zero-order valence-corrected chi connectivity index (χ0v) is 21.0. The number of likely N-dealkylation sites (tertiary alicyclic amines) is 1. The minimum atomic E-state index is -4.74. The molecular formula is C27H26F3N5O4. The van der Waals surface area contributed by atoms with E-state index in [1.54, 1.807) is 49.4 Å². The van der Waals surface area contributed by atoms with Gasteiger partial charge in [-0.3, -0.25) is 9.69 Å². The Morgan fingerprint density at radius 1 is 1.21 bits per heavy atom. The molecule has 204 valence electrons. The van der Waals surface area contributed by atoms with E-state index < -0.39 is 29.9 Å². The molecule has 2 aromatic heterocycles. The Morgan fingerprint density at radius 3 is 2.67 bits per heavy atom. The molecule has 5 rings (SSSR count). The zero-order valence-electron chi connectivity index (χ0n) is 21.0. The Kier molecular flexibility index (Phi) is 7.23. The van der Waals surface area contributed by atoms with Gasteiger partial charge in [-0.1, -0.05) is 41.6 Å². The van der Waals surface area contributed by atoms with E-state index in [2.05, 4.69) is 15.2 Å². The number of piperidine rings is 1. The molecular weight excluding hydrogens is 515 g/mol. The minimum absolute atomic E-state index is 0.0859. The average molecular weight is 542 g/mol. The Morgan fingerprint density at radius 2 is 1.97 bits per heavy atom. The van der Waals surface area contributed by atoms with Gasteiger partial charge < -0.3 is 14.7 Å². The predicted molar refractivity (Wildman–Crippen MR) is 134 cm³/mol. The van der Waals surface area contributed by atoms with E-state index in [9.17, 15) is 28.2 Å². The van der Waals surface area contributed by atoms with Gasteiger partial charge in [0.05, 0.1) is 29.5 Å². The molecule has 0 saturated carbocycles. The molecule has 3 heterocycles. The van der Waals surface area contributed by atoms with Crippen LogP contribution in [0.2, 0.25) is 0 Å². The van der Waals surface area contributed by atoms with Crippen LogP contribution in [0.3, 0.4) is 0 Å². The number of benzene rings is 2. The fraction of sp³-hybridized carbons (Fsp3) is 0.333. The predicted octanol–water partition coefficient (Wildman–Crippen LogP) is 4.75. The van der Waals surface area contributed by atoms with Gasteiger partial charge in [0.2, 0.25) is 5.82 Å². The summed E-state index contributed by atoms with van der Waals surface area (Å²) in [5.41, 5.74) is 0.779. The van der Waals surface area contributed by atoms with Gasteiger partial charge in [-0.05, 0) is 49.6 Å². The van der Waals surface area contributed by atoms with Crippen LogP contribution in [0.15, 0.2) is 59.3 Å². The third kappa shape index (κ3) is 5.71. The number of carboxylic acids is 1. The van der Waals surface area contributed by atoms with Gasteiger partial charge in [0.1, 0.15) is 0 Å². The van der Waals surface area contributed by atoms with Crippen LogP contribution in [0.25, 0.3) is 28.5 Å². The summed E-state index contributed by atoms with van der Waals surface area (Å²) in [5, 5.41) is 27.8. The van der Waals surface area contributed by atoms with Crippen molar-refractivity contribution in [1.29, 1.82) is 0 Å². The van der Waals surface area contributed by atoms with Crippen molar-refractivity contribution in [2.75, 3.05) is 19.6 Å². The number of alkyl halides is 3. The van der Waals surface area contributed by atoms with Gasteiger partial charge in [-0.15, -0.1) is 0 Å². The van der Waals surface area contributed by atoms with Gasteiger partial charge in [-0.2, -0.15) is 23.3 Å². The van der Waals surface area contributed by atoms with E-state index in [1.165, 1.54) is 6.07 Å². The van der Waals surface area contributed by atoms with Crippen LogP contribution in [-0.2, 0) is 11.0 Å². The first-order valence-corrected chi connectivity index (χ1v) is 12.4. The molecule has 0 amide bonds. The number of aliphatic hydroxyl groups excluding tert-OH is 1. The number of nitrogens with zero attached hydrogens (tertiary/aromatic N) is 5. The molecule has 1 aliphatic heterocycles. The van der Waals surface area contributed by atoms with Crippen LogP contribution < -0.4 is 0 Å². The maximum atomic E-state index is 14.1. The van der Waals surface area contributed by atoms with E-state index >= 15 is 0 Å². The summed E-state index contributed by atoms with van der Waals surface area (Å²) < 4.78 is 48.3. The molecule has 1 saturated heterocycles. The first kappa shape index (κ1) is 26.6. The molecule has 0 bridgehead atoms. The largest absolute Gasteiger partial charge is 0.481 e. The number of halogens is 3. The summed E-state index contributed by atoms with van der Waals surface area (Å²) in [7, 11) is 0. The number of carbonyl (C=O) groups is 1. The summed E-state index contributed by atoms with van der Waals surface area (Å²) in [4.78, 5) is 17.4. The van der Waals surface area contributed by atoms with Gasteiger partial charge in [0, 0.05) is 18.7 Å². The maximum Gasteiger partial charge on any atom is 0.434 e. The summed E-state index contributed by atoms with van der Waals surface area (Å²) in [5.74, 6) is -1.51. The van der Waals surface area contributed by atoms with Crippen LogP contribution in [0.5, 0.6) is 0 Å². The third-order valence-corrected chi connectivity index (χ3v) is 6.78. The molecule has 0 spiro atoms. The zero-order chi connectivity index (χ0) is 27.7. The van der Waals surface area contributed by atoms with E-state index in [1.807, 2.05) is 4.90 Å². The smallest absolute Gasteiger partial charge is 0.434 e. The summed E-state index contributed by atoms with van der Waals surface area (Å²) in [6.45, 7) is 3.17. The summed E-state index contributed by atoms with van der Waals surface area (Å²) in [6, 6.07) is 13.2. The molecule has 2 atom stereocenters. The van der Waals surface area contributed by atoms with Crippen LogP contribution in [0.1, 0.15) is 35.8 Å². The number of aliphatic carboxylic acids is 1. The maximum absolute atomic E-state index is 14.1. The Hall–Kier alpha value is -4.03. The highest BCUT2D eigenvalue weighted by molar-refractivity contribution is 5.70. The lowest BCUT2D eigenvalue weighted by molar-refractivity contribution is -0.144. The standard InChI is InChI=1S/C27H26F3N5O4/c1-16-4-2-6-20(12-16)35-23(27(28,29)30)21(13-31-35)25-32-24(33-39-25)18-9-7-17(8-10-18)22(36)15-34-11-3-5-19(14-34)26(37)38/h2,4,6-10,12-13,19,22,36H,3,5,11,14-15H2,1H3,(H,37,38)/t19-,22-/m0/s1. The average Bonchev–Trinajstić information content (AvgIpc) is 3.57. The number of rotatable bonds is 7. The van der Waals surface area contributed by atoms with E-state index in [0.717, 1.165) is 22.9 Å². The minimum Gasteiger partial charge on any atom is -0.481 e. The van der Waals surface area contributed by atoms with E-state index in [-0.39, 0.29) is 23.0 Å². The van der Waals surface area contributed by atoms with Crippen LogP contribution >= 0.6 is 0 Å². The normalized spacial score (nSPS) is 17.3. The van der Waals surface area contributed by atoms with E-state index in [0.29, 0.717) is 37.2 Å². The van der Waals surface area contributed by atoms with Crippen LogP contribution in [0, 0.1) is 12.8 Å². The Labute approximate surface area is 221 Å². The van der Waals surface area contributed by atoms with Crippen LogP contribution in [0.4, 0.5) is 13.2 Å². The number of carboxylic acid groups (broad SMARTS) is 1. The van der Waals surface area contributed by atoms with Gasteiger partial charge >= 0.3 is 12.1 Å². The highest BCUT2D eigenvalue weighted by Gasteiger charge is 2.40. The lowest BCUT2D eigenvalue weighted by atomic mass is 9.97. The molecule has 4 aromatic rings. The molecule has 0 aliphatic carbocycles. The van der Waals surface area contributed by atoms with Gasteiger partial charge in [0.15, 0.2) is 5.69 Å². The number of hydrogen-bond acceptors (Lipinski definition) is 7. The number of aliphatic hydroxyl groups is 1. The molecule has 2 aromatic carbocycles. The van der Waals surface area contributed by atoms with E-state index in [4.69, 9.17) is 4.52 Å². The van der Waals surface area contributed by atoms with Gasteiger partial charge in [0.25, 0.3) is 5.89 Å². The number of hydrogen-bond donors (Lipinski definition) is 2. The fourth-order valence-electron chi connectivity index (χ4n) is 4.81.